The SMILES string of the molecule is O=C(Nc1nc(-c2ccc(F)c(Cl)c2)cs1)c1cn(-c2ccccc2)nn1. The van der Waals surface area contributed by atoms with Gasteiger partial charge in [-0.05, 0) is 30.3 Å². The first kappa shape index (κ1) is 17.3. The smallest absolute Gasteiger partial charge is 0.279 e. The zero-order valence-corrected chi connectivity index (χ0v) is 15.2. The van der Waals surface area contributed by atoms with E-state index in [0.717, 1.165) is 5.69 Å². The zero-order valence-electron chi connectivity index (χ0n) is 13.6. The van der Waals surface area contributed by atoms with E-state index >= 15 is 0 Å². The highest BCUT2D eigenvalue weighted by atomic mass is 35.5. The van der Waals surface area contributed by atoms with Crippen LogP contribution < -0.4 is 5.32 Å². The Hall–Kier alpha value is -3.10. The Morgan fingerprint density at radius 1 is 1.19 bits per heavy atom. The van der Waals surface area contributed by atoms with Gasteiger partial charge in [-0.15, -0.1) is 16.4 Å². The van der Waals surface area contributed by atoms with Crippen LogP contribution in [0.25, 0.3) is 16.9 Å². The molecule has 0 bridgehead atoms. The first-order valence-electron chi connectivity index (χ1n) is 7.80. The lowest BCUT2D eigenvalue weighted by Crippen LogP contribution is -2.12. The largest absolute Gasteiger partial charge is 0.296 e. The van der Waals surface area contributed by atoms with E-state index in [9.17, 15) is 9.18 Å². The Bertz CT molecular complexity index is 1110. The third kappa shape index (κ3) is 3.71. The molecule has 9 heteroatoms. The number of carbonyl (C=O) groups excluding carboxylic acids is 1. The van der Waals surface area contributed by atoms with Gasteiger partial charge in [-0.2, -0.15) is 0 Å². The van der Waals surface area contributed by atoms with Crippen molar-refractivity contribution in [3.8, 4) is 16.9 Å². The third-order valence-electron chi connectivity index (χ3n) is 3.69. The highest BCUT2D eigenvalue weighted by molar-refractivity contribution is 7.14. The van der Waals surface area contributed by atoms with E-state index < -0.39 is 11.7 Å². The maximum atomic E-state index is 13.3. The van der Waals surface area contributed by atoms with E-state index in [0.29, 0.717) is 16.4 Å². The molecule has 0 fully saturated rings. The Labute approximate surface area is 162 Å². The van der Waals surface area contributed by atoms with Gasteiger partial charge in [0.2, 0.25) is 0 Å². The molecule has 0 spiro atoms. The molecule has 0 unspecified atom stereocenters. The minimum absolute atomic E-state index is 0.0172. The molecule has 0 saturated heterocycles. The lowest BCUT2D eigenvalue weighted by Gasteiger charge is -1.99. The number of thiazole rings is 1. The minimum Gasteiger partial charge on any atom is -0.296 e. The number of hydrogen-bond acceptors (Lipinski definition) is 5. The lowest BCUT2D eigenvalue weighted by atomic mass is 10.2. The summed E-state index contributed by atoms with van der Waals surface area (Å²) in [5, 5.41) is 12.7. The number of rotatable bonds is 4. The average molecular weight is 400 g/mol. The maximum Gasteiger partial charge on any atom is 0.279 e. The highest BCUT2D eigenvalue weighted by Crippen LogP contribution is 2.28. The van der Waals surface area contributed by atoms with Gasteiger partial charge in [-0.25, -0.2) is 14.1 Å². The van der Waals surface area contributed by atoms with Crippen molar-refractivity contribution in [1.29, 1.82) is 0 Å². The maximum absolute atomic E-state index is 13.3. The van der Waals surface area contributed by atoms with Crippen molar-refractivity contribution in [2.24, 2.45) is 0 Å². The standard InChI is InChI=1S/C18H11ClFN5OS/c19-13-8-11(6-7-14(13)20)16-10-27-18(21-16)22-17(26)15-9-25(24-23-15)12-4-2-1-3-5-12/h1-10H,(H,21,22,26). The van der Waals surface area contributed by atoms with Crippen molar-refractivity contribution >= 4 is 34.0 Å². The van der Waals surface area contributed by atoms with Crippen LogP contribution in [-0.2, 0) is 0 Å². The first-order valence-corrected chi connectivity index (χ1v) is 9.06. The van der Waals surface area contributed by atoms with E-state index in [2.05, 4.69) is 20.6 Å². The summed E-state index contributed by atoms with van der Waals surface area (Å²) in [4.78, 5) is 16.7. The summed E-state index contributed by atoms with van der Waals surface area (Å²) in [5.74, 6) is -0.916. The molecule has 0 aliphatic heterocycles. The first-order chi connectivity index (χ1) is 13.1. The topological polar surface area (TPSA) is 72.7 Å². The summed E-state index contributed by atoms with van der Waals surface area (Å²) >= 11 is 7.05. The van der Waals surface area contributed by atoms with Crippen molar-refractivity contribution in [2.45, 2.75) is 0 Å². The van der Waals surface area contributed by atoms with Crippen LogP contribution in [0.5, 0.6) is 0 Å². The summed E-state index contributed by atoms with van der Waals surface area (Å²) < 4.78 is 14.8. The Morgan fingerprint density at radius 3 is 2.78 bits per heavy atom. The summed E-state index contributed by atoms with van der Waals surface area (Å²) in [6.07, 6.45) is 1.54. The van der Waals surface area contributed by atoms with Crippen molar-refractivity contribution < 1.29 is 9.18 Å². The molecule has 1 amide bonds. The number of nitrogens with one attached hydrogen (secondary N) is 1. The molecule has 6 nitrogen and oxygen atoms in total. The number of hydrogen-bond donors (Lipinski definition) is 1. The van der Waals surface area contributed by atoms with E-state index in [1.807, 2.05) is 30.3 Å². The van der Waals surface area contributed by atoms with Gasteiger partial charge in [-0.1, -0.05) is 35.0 Å². The Kier molecular flexibility index (Phi) is 4.66. The van der Waals surface area contributed by atoms with Crippen molar-refractivity contribution in [2.75, 3.05) is 5.32 Å². The Balaban J connectivity index is 1.50. The second-order valence-electron chi connectivity index (χ2n) is 5.50. The predicted octanol–water partition coefficient (Wildman–Crippen LogP) is 4.44. The monoisotopic (exact) mass is 399 g/mol. The van der Waals surface area contributed by atoms with E-state index in [4.69, 9.17) is 11.6 Å². The van der Waals surface area contributed by atoms with E-state index in [1.54, 1.807) is 17.6 Å². The number of halogens is 2. The Morgan fingerprint density at radius 2 is 2.00 bits per heavy atom. The lowest BCUT2D eigenvalue weighted by molar-refractivity contribution is 0.102. The summed E-state index contributed by atoms with van der Waals surface area (Å²) in [7, 11) is 0. The van der Waals surface area contributed by atoms with Crippen LogP contribution in [0, 0.1) is 5.82 Å². The van der Waals surface area contributed by atoms with Gasteiger partial charge in [-0.3, -0.25) is 10.1 Å². The summed E-state index contributed by atoms with van der Waals surface area (Å²) in [6, 6.07) is 13.7. The van der Waals surface area contributed by atoms with Gasteiger partial charge >= 0.3 is 0 Å². The van der Waals surface area contributed by atoms with Crippen LogP contribution in [0.15, 0.2) is 60.1 Å². The van der Waals surface area contributed by atoms with Crippen LogP contribution in [0.4, 0.5) is 9.52 Å². The average Bonchev–Trinajstić information content (AvgIpc) is 3.34. The molecule has 27 heavy (non-hydrogen) atoms. The van der Waals surface area contributed by atoms with Gasteiger partial charge in [0.25, 0.3) is 5.91 Å². The number of benzene rings is 2. The number of anilines is 1. The van der Waals surface area contributed by atoms with Crippen LogP contribution in [-0.4, -0.2) is 25.9 Å². The molecule has 4 aromatic rings. The van der Waals surface area contributed by atoms with Crippen LogP contribution in [0.3, 0.4) is 0 Å². The molecule has 0 radical (unpaired) electrons. The van der Waals surface area contributed by atoms with Gasteiger partial charge in [0.15, 0.2) is 10.8 Å². The minimum atomic E-state index is -0.495. The second kappa shape index (κ2) is 7.26. The summed E-state index contributed by atoms with van der Waals surface area (Å²) in [6.45, 7) is 0. The molecular weight excluding hydrogens is 389 g/mol. The van der Waals surface area contributed by atoms with Crippen molar-refractivity contribution in [3.05, 3.63) is 76.6 Å². The predicted molar refractivity (Wildman–Crippen MR) is 102 cm³/mol. The van der Waals surface area contributed by atoms with Crippen molar-refractivity contribution in [3.63, 3.8) is 0 Å². The zero-order chi connectivity index (χ0) is 18.8. The molecule has 134 valence electrons. The van der Waals surface area contributed by atoms with Gasteiger partial charge in [0, 0.05) is 10.9 Å². The fraction of sp³-hybridized carbons (Fsp3) is 0. The van der Waals surface area contributed by atoms with Crippen LogP contribution in [0.1, 0.15) is 10.5 Å². The number of para-hydroxylation sites is 1. The van der Waals surface area contributed by atoms with E-state index in [1.165, 1.54) is 28.2 Å². The number of aromatic nitrogens is 4. The molecule has 0 saturated carbocycles. The van der Waals surface area contributed by atoms with Crippen LogP contribution >= 0.6 is 22.9 Å². The number of amides is 1. The van der Waals surface area contributed by atoms with E-state index in [-0.39, 0.29) is 10.7 Å². The number of nitrogens with zero attached hydrogens (tertiary/aromatic N) is 4. The second-order valence-corrected chi connectivity index (χ2v) is 6.77. The van der Waals surface area contributed by atoms with Gasteiger partial charge in [0.1, 0.15) is 5.82 Å². The van der Waals surface area contributed by atoms with Gasteiger partial charge in [0.05, 0.1) is 22.6 Å². The summed E-state index contributed by atoms with van der Waals surface area (Å²) in [5.41, 5.74) is 2.22. The molecule has 0 aliphatic carbocycles. The molecular formula is C18H11ClFN5OS. The quantitative estimate of drug-likeness (QED) is 0.550. The molecule has 1 N–H and O–H groups in total. The fourth-order valence-corrected chi connectivity index (χ4v) is 3.25. The normalized spacial score (nSPS) is 10.7. The van der Waals surface area contributed by atoms with Crippen LogP contribution in [0.2, 0.25) is 5.02 Å². The van der Waals surface area contributed by atoms with Crippen molar-refractivity contribution in [1.82, 2.24) is 20.0 Å². The molecule has 2 heterocycles. The number of carbonyl (C=O) groups is 1. The molecule has 0 atom stereocenters. The molecule has 2 aromatic carbocycles. The van der Waals surface area contributed by atoms with Gasteiger partial charge < -0.3 is 0 Å². The molecule has 4 rings (SSSR count). The fourth-order valence-electron chi connectivity index (χ4n) is 2.36. The molecule has 0 aliphatic rings. The molecule has 2 aromatic heterocycles. The highest BCUT2D eigenvalue weighted by Gasteiger charge is 2.14. The third-order valence-corrected chi connectivity index (χ3v) is 4.73.